The van der Waals surface area contributed by atoms with Gasteiger partial charge in [0.25, 0.3) is 0 Å². The molecular weight excluding hydrogens is 238 g/mol. The number of methoxy groups -OCH3 is 1. The van der Waals surface area contributed by atoms with Crippen molar-refractivity contribution in [2.24, 2.45) is 11.1 Å². The predicted octanol–water partition coefficient (Wildman–Crippen LogP) is 2.54. The van der Waals surface area contributed by atoms with Gasteiger partial charge in [-0.15, -0.1) is 0 Å². The normalized spacial score (nSPS) is 15.5. The lowest BCUT2D eigenvalue weighted by atomic mass is 9.72. The standard InChI is InChI=1S/C13H20ClNO2/c1-12(2,3)13(16,8-15)10-7-9(14)5-6-11(10)17-4/h5-7,16H,8,15H2,1-4H3. The van der Waals surface area contributed by atoms with Crippen LogP contribution in [-0.2, 0) is 5.60 Å². The molecule has 0 heterocycles. The van der Waals surface area contributed by atoms with Crippen LogP contribution in [0.5, 0.6) is 5.75 Å². The van der Waals surface area contributed by atoms with Crippen LogP contribution in [-0.4, -0.2) is 18.8 Å². The van der Waals surface area contributed by atoms with Crippen LogP contribution >= 0.6 is 11.6 Å². The van der Waals surface area contributed by atoms with Crippen molar-refractivity contribution in [2.75, 3.05) is 13.7 Å². The molecule has 0 aromatic heterocycles. The van der Waals surface area contributed by atoms with Gasteiger partial charge in [-0.1, -0.05) is 32.4 Å². The zero-order valence-corrected chi connectivity index (χ0v) is 11.5. The summed E-state index contributed by atoms with van der Waals surface area (Å²) in [5.74, 6) is 0.595. The average molecular weight is 258 g/mol. The molecule has 3 N–H and O–H groups in total. The van der Waals surface area contributed by atoms with Gasteiger partial charge in [0, 0.05) is 17.1 Å². The van der Waals surface area contributed by atoms with E-state index in [-0.39, 0.29) is 6.54 Å². The molecule has 0 aliphatic rings. The van der Waals surface area contributed by atoms with Gasteiger partial charge in [0.1, 0.15) is 11.4 Å². The Morgan fingerprint density at radius 2 is 1.94 bits per heavy atom. The highest BCUT2D eigenvalue weighted by Crippen LogP contribution is 2.43. The zero-order chi connectivity index (χ0) is 13.3. The zero-order valence-electron chi connectivity index (χ0n) is 10.7. The maximum absolute atomic E-state index is 10.8. The van der Waals surface area contributed by atoms with Crippen molar-refractivity contribution in [1.82, 2.24) is 0 Å². The number of hydrogen-bond donors (Lipinski definition) is 2. The highest BCUT2D eigenvalue weighted by molar-refractivity contribution is 6.30. The first-order valence-corrected chi connectivity index (χ1v) is 5.90. The molecule has 0 bridgehead atoms. The van der Waals surface area contributed by atoms with Crippen LogP contribution in [0.4, 0.5) is 0 Å². The van der Waals surface area contributed by atoms with E-state index >= 15 is 0 Å². The molecule has 17 heavy (non-hydrogen) atoms. The monoisotopic (exact) mass is 257 g/mol. The van der Waals surface area contributed by atoms with Crippen molar-refractivity contribution in [3.63, 3.8) is 0 Å². The van der Waals surface area contributed by atoms with Crippen molar-refractivity contribution in [3.8, 4) is 5.75 Å². The van der Waals surface area contributed by atoms with Gasteiger partial charge in [0.2, 0.25) is 0 Å². The Morgan fingerprint density at radius 3 is 2.35 bits per heavy atom. The molecule has 1 rings (SSSR count). The second-order valence-electron chi connectivity index (χ2n) is 5.16. The summed E-state index contributed by atoms with van der Waals surface area (Å²) in [6, 6.07) is 5.17. The SMILES string of the molecule is COc1ccc(Cl)cc1C(O)(CN)C(C)(C)C. The molecule has 0 aliphatic heterocycles. The molecule has 1 aromatic carbocycles. The Labute approximate surface area is 108 Å². The van der Waals surface area contributed by atoms with Crippen molar-refractivity contribution >= 4 is 11.6 Å². The van der Waals surface area contributed by atoms with Gasteiger partial charge >= 0.3 is 0 Å². The van der Waals surface area contributed by atoms with E-state index in [0.29, 0.717) is 16.3 Å². The lowest BCUT2D eigenvalue weighted by Crippen LogP contribution is -2.46. The van der Waals surface area contributed by atoms with Crippen molar-refractivity contribution in [3.05, 3.63) is 28.8 Å². The molecule has 0 amide bonds. The quantitative estimate of drug-likeness (QED) is 0.875. The Balaban J connectivity index is 3.43. The summed E-state index contributed by atoms with van der Waals surface area (Å²) in [4.78, 5) is 0. The Bertz CT molecular complexity index is 401. The molecule has 0 fully saturated rings. The van der Waals surface area contributed by atoms with Gasteiger partial charge in [0.15, 0.2) is 0 Å². The lowest BCUT2D eigenvalue weighted by molar-refractivity contribution is -0.0572. The van der Waals surface area contributed by atoms with Crippen molar-refractivity contribution in [1.29, 1.82) is 0 Å². The van der Waals surface area contributed by atoms with Crippen molar-refractivity contribution < 1.29 is 9.84 Å². The average Bonchev–Trinajstić information content (AvgIpc) is 2.26. The third kappa shape index (κ3) is 2.57. The van der Waals surface area contributed by atoms with Crippen LogP contribution in [0, 0.1) is 5.41 Å². The molecule has 4 heteroatoms. The summed E-state index contributed by atoms with van der Waals surface area (Å²) in [6.07, 6.45) is 0. The van der Waals surface area contributed by atoms with Gasteiger partial charge in [-0.3, -0.25) is 0 Å². The van der Waals surface area contributed by atoms with Gasteiger partial charge in [-0.05, 0) is 23.6 Å². The minimum atomic E-state index is -1.18. The molecule has 96 valence electrons. The summed E-state index contributed by atoms with van der Waals surface area (Å²) in [6.45, 7) is 5.90. The molecule has 1 unspecified atom stereocenters. The Morgan fingerprint density at radius 1 is 1.35 bits per heavy atom. The summed E-state index contributed by atoms with van der Waals surface area (Å²) >= 11 is 5.98. The fraction of sp³-hybridized carbons (Fsp3) is 0.538. The minimum absolute atomic E-state index is 0.104. The van der Waals surface area contributed by atoms with Crippen LogP contribution in [0.15, 0.2) is 18.2 Å². The van der Waals surface area contributed by atoms with Gasteiger partial charge < -0.3 is 15.6 Å². The number of hydrogen-bond acceptors (Lipinski definition) is 3. The number of rotatable bonds is 3. The van der Waals surface area contributed by atoms with Crippen LogP contribution < -0.4 is 10.5 Å². The van der Waals surface area contributed by atoms with Crippen molar-refractivity contribution in [2.45, 2.75) is 26.4 Å². The highest BCUT2D eigenvalue weighted by atomic mass is 35.5. The van der Waals surface area contributed by atoms with E-state index < -0.39 is 11.0 Å². The van der Waals surface area contributed by atoms with Crippen LogP contribution in [0.3, 0.4) is 0 Å². The molecule has 0 saturated carbocycles. The third-order valence-corrected chi connectivity index (χ3v) is 3.38. The highest BCUT2D eigenvalue weighted by Gasteiger charge is 2.42. The van der Waals surface area contributed by atoms with Crippen LogP contribution in [0.1, 0.15) is 26.3 Å². The van der Waals surface area contributed by atoms with E-state index in [4.69, 9.17) is 22.1 Å². The van der Waals surface area contributed by atoms with E-state index in [1.807, 2.05) is 20.8 Å². The first-order valence-electron chi connectivity index (χ1n) is 5.52. The molecule has 1 atom stereocenters. The Hall–Kier alpha value is -0.770. The van der Waals surface area contributed by atoms with Crippen LogP contribution in [0.25, 0.3) is 0 Å². The van der Waals surface area contributed by atoms with E-state index in [1.54, 1.807) is 25.3 Å². The topological polar surface area (TPSA) is 55.5 Å². The second-order valence-corrected chi connectivity index (χ2v) is 5.60. The maximum Gasteiger partial charge on any atom is 0.125 e. The lowest BCUT2D eigenvalue weighted by Gasteiger charge is -2.40. The molecule has 0 saturated heterocycles. The van der Waals surface area contributed by atoms with E-state index in [0.717, 1.165) is 0 Å². The smallest absolute Gasteiger partial charge is 0.125 e. The minimum Gasteiger partial charge on any atom is -0.496 e. The number of benzene rings is 1. The van der Waals surface area contributed by atoms with Gasteiger partial charge in [-0.2, -0.15) is 0 Å². The van der Waals surface area contributed by atoms with E-state index in [2.05, 4.69) is 0 Å². The van der Waals surface area contributed by atoms with E-state index in [1.165, 1.54) is 0 Å². The van der Waals surface area contributed by atoms with E-state index in [9.17, 15) is 5.11 Å². The van der Waals surface area contributed by atoms with Crippen LogP contribution in [0.2, 0.25) is 5.02 Å². The molecule has 0 aliphatic carbocycles. The number of halogens is 1. The molecule has 0 radical (unpaired) electrons. The Kier molecular flexibility index (Phi) is 4.07. The third-order valence-electron chi connectivity index (χ3n) is 3.14. The predicted molar refractivity (Wildman–Crippen MR) is 70.4 cm³/mol. The summed E-state index contributed by atoms with van der Waals surface area (Å²) < 4.78 is 5.27. The fourth-order valence-electron chi connectivity index (χ4n) is 1.82. The first-order chi connectivity index (χ1) is 7.76. The number of ether oxygens (including phenoxy) is 1. The molecular formula is C13H20ClNO2. The fourth-order valence-corrected chi connectivity index (χ4v) is 2.00. The summed E-state index contributed by atoms with van der Waals surface area (Å²) in [7, 11) is 1.56. The maximum atomic E-state index is 10.8. The number of nitrogens with two attached hydrogens (primary N) is 1. The van der Waals surface area contributed by atoms with Gasteiger partial charge in [0.05, 0.1) is 7.11 Å². The molecule has 0 spiro atoms. The second kappa shape index (κ2) is 4.84. The summed E-state index contributed by atoms with van der Waals surface area (Å²) in [5, 5.41) is 11.4. The van der Waals surface area contributed by atoms with Gasteiger partial charge in [-0.25, -0.2) is 0 Å². The molecule has 1 aromatic rings. The number of aliphatic hydroxyl groups is 1. The first kappa shape index (κ1) is 14.3. The largest absolute Gasteiger partial charge is 0.496 e. The summed E-state index contributed by atoms with van der Waals surface area (Å²) in [5.41, 5.74) is 4.78. The molecule has 3 nitrogen and oxygen atoms in total.